The first-order valence-corrected chi connectivity index (χ1v) is 6.65. The summed E-state index contributed by atoms with van der Waals surface area (Å²) in [6.45, 7) is 2.25. The Morgan fingerprint density at radius 1 is 1.00 bits per heavy atom. The van der Waals surface area contributed by atoms with Crippen LogP contribution in [-0.2, 0) is 6.54 Å². The normalized spacial score (nSPS) is 10.3. The second kappa shape index (κ2) is 6.09. The highest BCUT2D eigenvalue weighted by molar-refractivity contribution is 5.49. The zero-order valence-electron chi connectivity index (χ0n) is 11.6. The molecular weight excluding hydrogens is 266 g/mol. The number of hydrogen-bond donors (Lipinski definition) is 1. The van der Waals surface area contributed by atoms with Crippen molar-refractivity contribution in [3.63, 3.8) is 0 Å². The monoisotopic (exact) mass is 281 g/mol. The number of nitrogens with one attached hydrogen (secondary N) is 1. The van der Waals surface area contributed by atoms with Crippen LogP contribution in [0.25, 0.3) is 0 Å². The summed E-state index contributed by atoms with van der Waals surface area (Å²) in [5, 5.41) is 11.0. The SMILES string of the molecule is Cc1nnc(CNc2cccc(Oc3ccccc3)c2)o1. The molecule has 0 bridgehead atoms. The van der Waals surface area contributed by atoms with Crippen LogP contribution in [0, 0.1) is 6.92 Å². The van der Waals surface area contributed by atoms with Crippen LogP contribution in [0.4, 0.5) is 5.69 Å². The Labute approximate surface area is 122 Å². The zero-order valence-corrected chi connectivity index (χ0v) is 11.6. The van der Waals surface area contributed by atoms with Gasteiger partial charge in [0.05, 0.1) is 6.54 Å². The van der Waals surface area contributed by atoms with Gasteiger partial charge in [0.1, 0.15) is 11.5 Å². The van der Waals surface area contributed by atoms with E-state index in [2.05, 4.69) is 15.5 Å². The first kappa shape index (κ1) is 13.2. The summed E-state index contributed by atoms with van der Waals surface area (Å²) >= 11 is 0. The van der Waals surface area contributed by atoms with Crippen LogP contribution in [-0.4, -0.2) is 10.2 Å². The van der Waals surface area contributed by atoms with Crippen molar-refractivity contribution >= 4 is 5.69 Å². The van der Waals surface area contributed by atoms with Crippen molar-refractivity contribution in [3.8, 4) is 11.5 Å². The summed E-state index contributed by atoms with van der Waals surface area (Å²) in [5.74, 6) is 2.70. The van der Waals surface area contributed by atoms with E-state index in [-0.39, 0.29) is 0 Å². The number of aromatic nitrogens is 2. The summed E-state index contributed by atoms with van der Waals surface area (Å²) in [7, 11) is 0. The zero-order chi connectivity index (χ0) is 14.5. The van der Waals surface area contributed by atoms with Gasteiger partial charge in [-0.25, -0.2) is 0 Å². The molecule has 5 heteroatoms. The Hall–Kier alpha value is -2.82. The summed E-state index contributed by atoms with van der Waals surface area (Å²) in [5.41, 5.74) is 0.930. The van der Waals surface area contributed by atoms with Crippen molar-refractivity contribution in [2.24, 2.45) is 0 Å². The van der Waals surface area contributed by atoms with Crippen molar-refractivity contribution < 1.29 is 9.15 Å². The van der Waals surface area contributed by atoms with Gasteiger partial charge in [0.25, 0.3) is 0 Å². The number of para-hydroxylation sites is 1. The van der Waals surface area contributed by atoms with Crippen molar-refractivity contribution in [1.29, 1.82) is 0 Å². The maximum Gasteiger partial charge on any atom is 0.235 e. The second-order valence-corrected chi connectivity index (χ2v) is 4.51. The fraction of sp³-hybridized carbons (Fsp3) is 0.125. The maximum absolute atomic E-state index is 5.78. The molecule has 0 fully saturated rings. The molecule has 0 radical (unpaired) electrons. The highest BCUT2D eigenvalue weighted by Gasteiger charge is 2.03. The standard InChI is InChI=1S/C16H15N3O2/c1-12-18-19-16(20-12)11-17-13-6-5-9-15(10-13)21-14-7-3-2-4-8-14/h2-10,17H,11H2,1H3. The lowest BCUT2D eigenvalue weighted by molar-refractivity contribution is 0.474. The van der Waals surface area contributed by atoms with E-state index >= 15 is 0 Å². The van der Waals surface area contributed by atoms with E-state index in [0.717, 1.165) is 17.2 Å². The lowest BCUT2D eigenvalue weighted by Gasteiger charge is -2.08. The molecule has 3 aromatic rings. The van der Waals surface area contributed by atoms with E-state index in [9.17, 15) is 0 Å². The Balaban J connectivity index is 1.65. The lowest BCUT2D eigenvalue weighted by Crippen LogP contribution is -1.99. The van der Waals surface area contributed by atoms with Gasteiger partial charge in [-0.15, -0.1) is 10.2 Å². The molecule has 1 heterocycles. The predicted molar refractivity (Wildman–Crippen MR) is 79.3 cm³/mol. The number of benzene rings is 2. The quantitative estimate of drug-likeness (QED) is 0.771. The van der Waals surface area contributed by atoms with Crippen LogP contribution in [0.2, 0.25) is 0 Å². The molecule has 5 nitrogen and oxygen atoms in total. The van der Waals surface area contributed by atoms with E-state index in [1.165, 1.54) is 0 Å². The molecule has 0 saturated carbocycles. The summed E-state index contributed by atoms with van der Waals surface area (Å²) in [6, 6.07) is 17.4. The van der Waals surface area contributed by atoms with E-state index in [0.29, 0.717) is 18.3 Å². The van der Waals surface area contributed by atoms with Crippen LogP contribution in [0.3, 0.4) is 0 Å². The molecule has 21 heavy (non-hydrogen) atoms. The Bertz CT molecular complexity index is 710. The third kappa shape index (κ3) is 3.60. The third-order valence-electron chi connectivity index (χ3n) is 2.82. The number of rotatable bonds is 5. The van der Waals surface area contributed by atoms with Gasteiger partial charge in [0.2, 0.25) is 11.8 Å². The van der Waals surface area contributed by atoms with Gasteiger partial charge in [-0.1, -0.05) is 24.3 Å². The highest BCUT2D eigenvalue weighted by Crippen LogP contribution is 2.24. The largest absolute Gasteiger partial charge is 0.457 e. The van der Waals surface area contributed by atoms with Crippen molar-refractivity contribution in [1.82, 2.24) is 10.2 Å². The van der Waals surface area contributed by atoms with Crippen molar-refractivity contribution in [2.75, 3.05) is 5.32 Å². The average Bonchev–Trinajstić information content (AvgIpc) is 2.92. The molecule has 106 valence electrons. The number of anilines is 1. The molecule has 0 saturated heterocycles. The maximum atomic E-state index is 5.78. The Kier molecular flexibility index (Phi) is 3.82. The minimum absolute atomic E-state index is 0.482. The van der Waals surface area contributed by atoms with Gasteiger partial charge < -0.3 is 14.5 Å². The van der Waals surface area contributed by atoms with Crippen LogP contribution in [0.1, 0.15) is 11.8 Å². The fourth-order valence-electron chi connectivity index (χ4n) is 1.88. The van der Waals surface area contributed by atoms with E-state index in [1.807, 2.05) is 54.6 Å². The summed E-state index contributed by atoms with van der Waals surface area (Å²) < 4.78 is 11.1. The number of ether oxygens (including phenoxy) is 1. The highest BCUT2D eigenvalue weighted by atomic mass is 16.5. The second-order valence-electron chi connectivity index (χ2n) is 4.51. The van der Waals surface area contributed by atoms with Crippen LogP contribution < -0.4 is 10.1 Å². The van der Waals surface area contributed by atoms with E-state index in [1.54, 1.807) is 6.92 Å². The average molecular weight is 281 g/mol. The predicted octanol–water partition coefficient (Wildman–Crippen LogP) is 3.78. The Morgan fingerprint density at radius 2 is 1.81 bits per heavy atom. The van der Waals surface area contributed by atoms with Gasteiger partial charge >= 0.3 is 0 Å². The molecule has 0 aliphatic heterocycles. The first-order chi connectivity index (χ1) is 10.3. The molecule has 0 atom stereocenters. The molecule has 2 aromatic carbocycles. The van der Waals surface area contributed by atoms with Crippen molar-refractivity contribution in [2.45, 2.75) is 13.5 Å². The van der Waals surface area contributed by atoms with Gasteiger partial charge in [0.15, 0.2) is 0 Å². The van der Waals surface area contributed by atoms with Crippen LogP contribution in [0.15, 0.2) is 59.0 Å². The molecule has 0 aliphatic carbocycles. The molecule has 3 rings (SSSR count). The molecule has 0 aliphatic rings. The van der Waals surface area contributed by atoms with Gasteiger partial charge in [-0.05, 0) is 24.3 Å². The van der Waals surface area contributed by atoms with E-state index in [4.69, 9.17) is 9.15 Å². The molecular formula is C16H15N3O2. The number of hydrogen-bond acceptors (Lipinski definition) is 5. The minimum Gasteiger partial charge on any atom is -0.457 e. The Morgan fingerprint density at radius 3 is 2.57 bits per heavy atom. The minimum atomic E-state index is 0.482. The smallest absolute Gasteiger partial charge is 0.235 e. The molecule has 1 aromatic heterocycles. The van der Waals surface area contributed by atoms with Gasteiger partial charge in [-0.2, -0.15) is 0 Å². The molecule has 0 amide bonds. The summed E-state index contributed by atoms with van der Waals surface area (Å²) in [6.07, 6.45) is 0. The van der Waals surface area contributed by atoms with Crippen LogP contribution >= 0.6 is 0 Å². The molecule has 1 N–H and O–H groups in total. The van der Waals surface area contributed by atoms with Crippen molar-refractivity contribution in [3.05, 3.63) is 66.4 Å². The first-order valence-electron chi connectivity index (χ1n) is 6.65. The van der Waals surface area contributed by atoms with Gasteiger partial charge in [-0.3, -0.25) is 0 Å². The molecule has 0 spiro atoms. The number of aryl methyl sites for hydroxylation is 1. The van der Waals surface area contributed by atoms with Gasteiger partial charge in [0, 0.05) is 18.7 Å². The summed E-state index contributed by atoms with van der Waals surface area (Å²) in [4.78, 5) is 0. The number of nitrogens with zero attached hydrogens (tertiary/aromatic N) is 2. The third-order valence-corrected chi connectivity index (χ3v) is 2.82. The topological polar surface area (TPSA) is 60.2 Å². The van der Waals surface area contributed by atoms with Crippen LogP contribution in [0.5, 0.6) is 11.5 Å². The lowest BCUT2D eigenvalue weighted by atomic mass is 10.3. The molecule has 0 unspecified atom stereocenters. The fourth-order valence-corrected chi connectivity index (χ4v) is 1.88. The van der Waals surface area contributed by atoms with E-state index < -0.39 is 0 Å².